The van der Waals surface area contributed by atoms with Crippen molar-refractivity contribution in [2.24, 2.45) is 5.92 Å². The van der Waals surface area contributed by atoms with Crippen LogP contribution in [0.5, 0.6) is 0 Å². The van der Waals surface area contributed by atoms with Crippen LogP contribution in [0.25, 0.3) is 10.9 Å². The number of aliphatic hydroxyl groups excluding tert-OH is 1. The molecule has 0 radical (unpaired) electrons. The Morgan fingerprint density at radius 1 is 1.32 bits per heavy atom. The van der Waals surface area contributed by atoms with Crippen molar-refractivity contribution in [1.29, 1.82) is 0 Å². The summed E-state index contributed by atoms with van der Waals surface area (Å²) in [5.41, 5.74) is 0.683. The molecule has 2 rings (SSSR count). The van der Waals surface area contributed by atoms with Crippen LogP contribution in [0.4, 0.5) is 14.5 Å². The molecule has 0 amide bonds. The maximum atomic E-state index is 13.6. The molecule has 0 aliphatic carbocycles. The number of fused-ring (bicyclic) bond motifs is 1. The summed E-state index contributed by atoms with van der Waals surface area (Å²) in [5.74, 6) is -1.15. The molecular weight excluding hydrogens is 250 g/mol. The van der Waals surface area contributed by atoms with E-state index in [0.29, 0.717) is 11.1 Å². The quantitative estimate of drug-likeness (QED) is 0.894. The van der Waals surface area contributed by atoms with Crippen molar-refractivity contribution >= 4 is 16.6 Å². The Kier molecular flexibility index (Phi) is 3.95. The van der Waals surface area contributed by atoms with Gasteiger partial charge < -0.3 is 10.4 Å². The number of nitrogens with zero attached hydrogens (tertiary/aromatic N) is 1. The zero-order valence-electron chi connectivity index (χ0n) is 10.8. The number of anilines is 1. The summed E-state index contributed by atoms with van der Waals surface area (Å²) in [5, 5.41) is 12.8. The van der Waals surface area contributed by atoms with Gasteiger partial charge in [0.05, 0.1) is 12.6 Å². The number of hydrogen-bond acceptors (Lipinski definition) is 3. The molecule has 0 spiro atoms. The Balaban J connectivity index is 2.49. The predicted molar refractivity (Wildman–Crippen MR) is 71.0 cm³/mol. The van der Waals surface area contributed by atoms with Gasteiger partial charge in [0.2, 0.25) is 0 Å². The second-order valence-electron chi connectivity index (χ2n) is 4.82. The third-order valence-corrected chi connectivity index (χ3v) is 3.11. The van der Waals surface area contributed by atoms with Gasteiger partial charge in [-0.15, -0.1) is 0 Å². The Morgan fingerprint density at radius 3 is 2.68 bits per heavy atom. The number of benzene rings is 1. The minimum Gasteiger partial charge on any atom is -0.394 e. The van der Waals surface area contributed by atoms with Gasteiger partial charge in [-0.05, 0) is 18.1 Å². The van der Waals surface area contributed by atoms with Crippen molar-refractivity contribution in [3.8, 4) is 0 Å². The molecule has 0 aliphatic rings. The molecule has 19 heavy (non-hydrogen) atoms. The second-order valence-corrected chi connectivity index (χ2v) is 4.82. The van der Waals surface area contributed by atoms with Crippen molar-refractivity contribution in [3.05, 3.63) is 36.0 Å². The van der Waals surface area contributed by atoms with Crippen LogP contribution in [0.2, 0.25) is 0 Å². The molecule has 5 heteroatoms. The molecule has 1 aromatic carbocycles. The smallest absolute Gasteiger partial charge is 0.152 e. The van der Waals surface area contributed by atoms with Gasteiger partial charge in [-0.3, -0.25) is 4.98 Å². The van der Waals surface area contributed by atoms with Crippen LogP contribution in [0.1, 0.15) is 13.8 Å². The van der Waals surface area contributed by atoms with Crippen LogP contribution < -0.4 is 5.32 Å². The Hall–Kier alpha value is -1.75. The van der Waals surface area contributed by atoms with Crippen molar-refractivity contribution in [1.82, 2.24) is 4.98 Å². The highest BCUT2D eigenvalue weighted by Gasteiger charge is 2.15. The van der Waals surface area contributed by atoms with E-state index in [0.717, 1.165) is 6.07 Å². The van der Waals surface area contributed by atoms with Crippen molar-refractivity contribution in [3.63, 3.8) is 0 Å². The Labute approximate surface area is 110 Å². The molecule has 0 saturated carbocycles. The number of aliphatic hydroxyl groups is 1. The molecule has 3 nitrogen and oxygen atoms in total. The number of rotatable bonds is 4. The summed E-state index contributed by atoms with van der Waals surface area (Å²) in [6.07, 6.45) is 1.46. The predicted octanol–water partition coefficient (Wildman–Crippen LogP) is 2.94. The average Bonchev–Trinajstić information content (AvgIpc) is 2.35. The van der Waals surface area contributed by atoms with E-state index in [1.165, 1.54) is 12.3 Å². The van der Waals surface area contributed by atoms with Crippen molar-refractivity contribution < 1.29 is 13.9 Å². The molecule has 0 bridgehead atoms. The van der Waals surface area contributed by atoms with E-state index in [9.17, 15) is 13.9 Å². The minimum absolute atomic E-state index is 0.0563. The third-order valence-electron chi connectivity index (χ3n) is 3.11. The molecule has 2 aromatic rings. The zero-order chi connectivity index (χ0) is 14.0. The molecule has 1 atom stereocenters. The topological polar surface area (TPSA) is 45.1 Å². The zero-order valence-corrected chi connectivity index (χ0v) is 10.8. The number of pyridine rings is 1. The summed E-state index contributed by atoms with van der Waals surface area (Å²) in [7, 11) is 0. The highest BCUT2D eigenvalue weighted by Crippen LogP contribution is 2.26. The number of aromatic nitrogens is 1. The lowest BCUT2D eigenvalue weighted by atomic mass is 10.0. The van der Waals surface area contributed by atoms with Crippen LogP contribution in [0, 0.1) is 17.6 Å². The van der Waals surface area contributed by atoms with E-state index in [1.807, 2.05) is 13.8 Å². The van der Waals surface area contributed by atoms with Crippen LogP contribution in [0.15, 0.2) is 24.4 Å². The van der Waals surface area contributed by atoms with Gasteiger partial charge in [-0.1, -0.05) is 13.8 Å². The lowest BCUT2D eigenvalue weighted by molar-refractivity contribution is 0.249. The lowest BCUT2D eigenvalue weighted by Gasteiger charge is -2.22. The first kappa shape index (κ1) is 13.7. The van der Waals surface area contributed by atoms with Gasteiger partial charge >= 0.3 is 0 Å². The molecule has 0 saturated heterocycles. The SMILES string of the molecule is CC(C)[C@@H](CO)Nc1ccnc2c(F)cc(F)cc12. The fourth-order valence-electron chi connectivity index (χ4n) is 1.93. The lowest BCUT2D eigenvalue weighted by Crippen LogP contribution is -2.29. The fourth-order valence-corrected chi connectivity index (χ4v) is 1.93. The van der Waals surface area contributed by atoms with Gasteiger partial charge in [0, 0.05) is 23.3 Å². The Bertz CT molecular complexity index is 587. The van der Waals surface area contributed by atoms with Crippen LogP contribution in [-0.4, -0.2) is 22.7 Å². The molecule has 0 unspecified atom stereocenters. The van der Waals surface area contributed by atoms with E-state index in [4.69, 9.17) is 0 Å². The third kappa shape index (κ3) is 2.81. The van der Waals surface area contributed by atoms with Crippen LogP contribution in [-0.2, 0) is 0 Å². The second kappa shape index (κ2) is 5.48. The van der Waals surface area contributed by atoms with E-state index in [2.05, 4.69) is 10.3 Å². The summed E-state index contributed by atoms with van der Waals surface area (Å²) in [4.78, 5) is 3.92. The summed E-state index contributed by atoms with van der Waals surface area (Å²) in [6.45, 7) is 3.86. The normalized spacial score (nSPS) is 12.9. The fraction of sp³-hybridized carbons (Fsp3) is 0.357. The van der Waals surface area contributed by atoms with Gasteiger partial charge in [-0.25, -0.2) is 8.78 Å². The van der Waals surface area contributed by atoms with E-state index >= 15 is 0 Å². The van der Waals surface area contributed by atoms with Crippen LogP contribution >= 0.6 is 0 Å². The summed E-state index contributed by atoms with van der Waals surface area (Å²) in [6, 6.07) is 3.51. The first-order valence-corrected chi connectivity index (χ1v) is 6.14. The number of nitrogens with one attached hydrogen (secondary N) is 1. The first-order chi connectivity index (χ1) is 9.02. The molecule has 2 N–H and O–H groups in total. The molecule has 102 valence electrons. The number of hydrogen-bond donors (Lipinski definition) is 2. The molecule has 0 fully saturated rings. The standard InChI is InChI=1S/C14H16F2N2O/c1-8(2)13(7-19)18-12-3-4-17-14-10(12)5-9(15)6-11(14)16/h3-6,8,13,19H,7H2,1-2H3,(H,17,18)/t13-/m1/s1. The highest BCUT2D eigenvalue weighted by atomic mass is 19.1. The molecule has 1 heterocycles. The monoisotopic (exact) mass is 266 g/mol. The number of halogens is 2. The molecular formula is C14H16F2N2O. The van der Waals surface area contributed by atoms with Gasteiger partial charge in [0.25, 0.3) is 0 Å². The van der Waals surface area contributed by atoms with E-state index in [-0.39, 0.29) is 24.1 Å². The maximum absolute atomic E-state index is 13.6. The van der Waals surface area contributed by atoms with Gasteiger partial charge in [-0.2, -0.15) is 0 Å². The minimum atomic E-state index is -0.691. The highest BCUT2D eigenvalue weighted by molar-refractivity contribution is 5.91. The van der Waals surface area contributed by atoms with E-state index < -0.39 is 11.6 Å². The average molecular weight is 266 g/mol. The maximum Gasteiger partial charge on any atom is 0.152 e. The van der Waals surface area contributed by atoms with Crippen molar-refractivity contribution in [2.75, 3.05) is 11.9 Å². The molecule has 1 aromatic heterocycles. The van der Waals surface area contributed by atoms with Crippen molar-refractivity contribution in [2.45, 2.75) is 19.9 Å². The largest absolute Gasteiger partial charge is 0.394 e. The molecule has 0 aliphatic heterocycles. The summed E-state index contributed by atoms with van der Waals surface area (Å²) < 4.78 is 26.9. The van der Waals surface area contributed by atoms with Gasteiger partial charge in [0.15, 0.2) is 5.82 Å². The van der Waals surface area contributed by atoms with Gasteiger partial charge in [0.1, 0.15) is 11.3 Å². The van der Waals surface area contributed by atoms with Crippen LogP contribution in [0.3, 0.4) is 0 Å². The summed E-state index contributed by atoms with van der Waals surface area (Å²) >= 11 is 0. The van der Waals surface area contributed by atoms with E-state index in [1.54, 1.807) is 6.07 Å². The Morgan fingerprint density at radius 2 is 2.05 bits per heavy atom. The first-order valence-electron chi connectivity index (χ1n) is 6.14.